The van der Waals surface area contributed by atoms with Crippen LogP contribution in [-0.4, -0.2) is 45.0 Å². The van der Waals surface area contributed by atoms with Crippen LogP contribution in [0.2, 0.25) is 0 Å². The maximum atomic E-state index is 13.1. The standard InChI is InChI=1S/C20H24F3N5S/c21-20(22,23)17-9-18(25-12-24-17)28(15-3-4-15)16-5-7-27(8-6-16)10-14-11-29-19(26-14)13-1-2-13/h9,11-13,15-16H,1-8,10H2. The van der Waals surface area contributed by atoms with Crippen LogP contribution < -0.4 is 4.90 Å². The third-order valence-corrected chi connectivity index (χ3v) is 7.04. The molecule has 5 rings (SSSR count). The van der Waals surface area contributed by atoms with Crippen molar-refractivity contribution in [2.24, 2.45) is 0 Å². The highest BCUT2D eigenvalue weighted by molar-refractivity contribution is 7.09. The van der Waals surface area contributed by atoms with E-state index in [2.05, 4.69) is 25.1 Å². The van der Waals surface area contributed by atoms with Gasteiger partial charge >= 0.3 is 6.18 Å². The lowest BCUT2D eigenvalue weighted by Crippen LogP contribution is -2.46. The summed E-state index contributed by atoms with van der Waals surface area (Å²) in [5.41, 5.74) is 0.292. The van der Waals surface area contributed by atoms with E-state index in [-0.39, 0.29) is 6.04 Å². The van der Waals surface area contributed by atoms with Gasteiger partial charge < -0.3 is 4.90 Å². The number of anilines is 1. The van der Waals surface area contributed by atoms with E-state index in [4.69, 9.17) is 4.98 Å². The van der Waals surface area contributed by atoms with E-state index in [0.717, 1.165) is 63.4 Å². The van der Waals surface area contributed by atoms with Crippen molar-refractivity contribution in [3.05, 3.63) is 34.2 Å². The van der Waals surface area contributed by atoms with Crippen LogP contribution in [0.5, 0.6) is 0 Å². The molecule has 0 radical (unpaired) electrons. The maximum absolute atomic E-state index is 13.1. The number of alkyl halides is 3. The van der Waals surface area contributed by atoms with Crippen molar-refractivity contribution in [2.45, 2.75) is 69.2 Å². The summed E-state index contributed by atoms with van der Waals surface area (Å²) in [7, 11) is 0. The molecular weight excluding hydrogens is 399 g/mol. The van der Waals surface area contributed by atoms with Crippen LogP contribution in [0, 0.1) is 0 Å². The highest BCUT2D eigenvalue weighted by Gasteiger charge is 2.39. The molecule has 2 aliphatic carbocycles. The normalized spacial score (nSPS) is 21.5. The molecule has 0 bridgehead atoms. The second-order valence-electron chi connectivity index (χ2n) is 8.36. The van der Waals surface area contributed by atoms with Gasteiger partial charge in [-0.15, -0.1) is 11.3 Å². The molecule has 1 saturated heterocycles. The molecule has 3 heterocycles. The van der Waals surface area contributed by atoms with Gasteiger partial charge in [0.2, 0.25) is 0 Å². The highest BCUT2D eigenvalue weighted by Crippen LogP contribution is 2.41. The van der Waals surface area contributed by atoms with E-state index in [0.29, 0.717) is 17.8 Å². The van der Waals surface area contributed by atoms with Gasteiger partial charge in [-0.2, -0.15) is 13.2 Å². The first-order valence-electron chi connectivity index (χ1n) is 10.3. The summed E-state index contributed by atoms with van der Waals surface area (Å²) in [5.74, 6) is 1.11. The molecule has 9 heteroatoms. The lowest BCUT2D eigenvalue weighted by atomic mass is 10.0. The zero-order valence-corrected chi connectivity index (χ0v) is 16.9. The Morgan fingerprint density at radius 1 is 1.03 bits per heavy atom. The predicted molar refractivity (Wildman–Crippen MR) is 105 cm³/mol. The van der Waals surface area contributed by atoms with E-state index < -0.39 is 11.9 Å². The number of nitrogens with zero attached hydrogens (tertiary/aromatic N) is 5. The van der Waals surface area contributed by atoms with Gasteiger partial charge in [0.25, 0.3) is 0 Å². The van der Waals surface area contributed by atoms with Crippen LogP contribution in [0.1, 0.15) is 60.8 Å². The summed E-state index contributed by atoms with van der Waals surface area (Å²) in [6, 6.07) is 1.65. The van der Waals surface area contributed by atoms with Crippen LogP contribution >= 0.6 is 11.3 Å². The Balaban J connectivity index is 1.23. The van der Waals surface area contributed by atoms with E-state index in [1.54, 1.807) is 11.3 Å². The Morgan fingerprint density at radius 3 is 2.41 bits per heavy atom. The highest BCUT2D eigenvalue weighted by atomic mass is 32.1. The molecule has 0 spiro atoms. The molecule has 3 fully saturated rings. The van der Waals surface area contributed by atoms with Crippen molar-refractivity contribution in [3.8, 4) is 0 Å². The molecule has 5 nitrogen and oxygen atoms in total. The van der Waals surface area contributed by atoms with Crippen molar-refractivity contribution < 1.29 is 13.2 Å². The third-order valence-electron chi connectivity index (χ3n) is 5.98. The van der Waals surface area contributed by atoms with Gasteiger partial charge in [-0.1, -0.05) is 0 Å². The molecule has 0 amide bonds. The zero-order chi connectivity index (χ0) is 20.0. The Hall–Kier alpha value is -1.74. The molecule has 2 aromatic rings. The Bertz CT molecular complexity index is 854. The first-order valence-corrected chi connectivity index (χ1v) is 11.2. The Kier molecular flexibility index (Phi) is 4.98. The third kappa shape index (κ3) is 4.40. The average Bonchev–Trinajstić information content (AvgIpc) is 3.63. The number of thiazole rings is 1. The van der Waals surface area contributed by atoms with E-state index >= 15 is 0 Å². The summed E-state index contributed by atoms with van der Waals surface area (Å²) >= 11 is 1.77. The molecule has 0 atom stereocenters. The minimum absolute atomic E-state index is 0.229. The number of halogens is 3. The summed E-state index contributed by atoms with van der Waals surface area (Å²) in [4.78, 5) is 16.9. The largest absolute Gasteiger partial charge is 0.433 e. The second-order valence-corrected chi connectivity index (χ2v) is 9.25. The van der Waals surface area contributed by atoms with E-state index in [1.807, 2.05) is 0 Å². The summed E-state index contributed by atoms with van der Waals surface area (Å²) in [6.45, 7) is 2.73. The van der Waals surface area contributed by atoms with Crippen molar-refractivity contribution in [1.29, 1.82) is 0 Å². The monoisotopic (exact) mass is 423 g/mol. The Morgan fingerprint density at radius 2 is 1.76 bits per heavy atom. The van der Waals surface area contributed by atoms with Crippen molar-refractivity contribution in [1.82, 2.24) is 19.9 Å². The van der Waals surface area contributed by atoms with E-state index in [9.17, 15) is 13.2 Å². The fourth-order valence-corrected chi connectivity index (χ4v) is 5.15. The number of rotatable bonds is 6. The fourth-order valence-electron chi connectivity index (χ4n) is 4.17. The maximum Gasteiger partial charge on any atom is 0.433 e. The average molecular weight is 424 g/mol. The van der Waals surface area contributed by atoms with Gasteiger partial charge in [0, 0.05) is 49.1 Å². The molecule has 2 saturated carbocycles. The minimum Gasteiger partial charge on any atom is -0.350 e. The molecule has 156 valence electrons. The lowest BCUT2D eigenvalue weighted by Gasteiger charge is -2.39. The van der Waals surface area contributed by atoms with Crippen LogP contribution in [0.25, 0.3) is 0 Å². The topological polar surface area (TPSA) is 45.2 Å². The lowest BCUT2D eigenvalue weighted by molar-refractivity contribution is -0.141. The molecular formula is C20H24F3N5S. The molecule has 29 heavy (non-hydrogen) atoms. The summed E-state index contributed by atoms with van der Waals surface area (Å²) < 4.78 is 39.3. The van der Waals surface area contributed by atoms with E-state index in [1.165, 1.54) is 17.8 Å². The first-order chi connectivity index (χ1) is 14.0. The van der Waals surface area contributed by atoms with Crippen molar-refractivity contribution in [2.75, 3.05) is 18.0 Å². The molecule has 3 aliphatic rings. The smallest absolute Gasteiger partial charge is 0.350 e. The van der Waals surface area contributed by atoms with Gasteiger partial charge in [-0.25, -0.2) is 15.0 Å². The van der Waals surface area contributed by atoms with Gasteiger partial charge in [-0.05, 0) is 38.5 Å². The summed E-state index contributed by atoms with van der Waals surface area (Å²) in [6.07, 6.45) is 3.06. The van der Waals surface area contributed by atoms with Crippen LogP contribution in [0.4, 0.5) is 19.0 Å². The molecule has 0 N–H and O–H groups in total. The van der Waals surface area contributed by atoms with Gasteiger partial charge in [-0.3, -0.25) is 4.90 Å². The second kappa shape index (κ2) is 7.50. The predicted octanol–water partition coefficient (Wildman–Crippen LogP) is 4.46. The molecule has 1 aliphatic heterocycles. The molecule has 2 aromatic heterocycles. The number of piperidine rings is 1. The van der Waals surface area contributed by atoms with Crippen LogP contribution in [0.15, 0.2) is 17.8 Å². The SMILES string of the molecule is FC(F)(F)c1cc(N(C2CC2)C2CCN(Cc3csc(C4CC4)n3)CC2)ncn1. The number of aromatic nitrogens is 3. The number of hydrogen-bond acceptors (Lipinski definition) is 6. The summed E-state index contributed by atoms with van der Waals surface area (Å²) in [5, 5.41) is 3.45. The number of hydrogen-bond donors (Lipinski definition) is 0. The molecule has 0 unspecified atom stereocenters. The van der Waals surface area contributed by atoms with Crippen LogP contribution in [0.3, 0.4) is 0 Å². The quantitative estimate of drug-likeness (QED) is 0.686. The van der Waals surface area contributed by atoms with Gasteiger partial charge in [0.05, 0.1) is 10.7 Å². The van der Waals surface area contributed by atoms with Crippen LogP contribution in [-0.2, 0) is 12.7 Å². The zero-order valence-electron chi connectivity index (χ0n) is 16.1. The van der Waals surface area contributed by atoms with Gasteiger partial charge in [0.1, 0.15) is 17.8 Å². The van der Waals surface area contributed by atoms with Crippen molar-refractivity contribution in [3.63, 3.8) is 0 Å². The fraction of sp³-hybridized carbons (Fsp3) is 0.650. The first kappa shape index (κ1) is 19.2. The van der Waals surface area contributed by atoms with Gasteiger partial charge in [0.15, 0.2) is 0 Å². The number of likely N-dealkylation sites (tertiary alicyclic amines) is 1. The minimum atomic E-state index is -4.44. The van der Waals surface area contributed by atoms with Crippen molar-refractivity contribution >= 4 is 17.2 Å². The molecule has 0 aromatic carbocycles. The Labute approximate surface area is 172 Å².